The standard InChI is InChI=1S/C9H9N3O2/c13-6-8-5-10-11-12(8)7-1-3-9(14)4-2-7/h1-5,13-14H,6H2. The SMILES string of the molecule is OCc1cnnn1-c1ccc(O)cc1. The maximum absolute atomic E-state index is 9.09. The zero-order chi connectivity index (χ0) is 9.97. The van der Waals surface area contributed by atoms with Crippen molar-refractivity contribution in [2.75, 3.05) is 0 Å². The van der Waals surface area contributed by atoms with Gasteiger partial charge >= 0.3 is 0 Å². The number of hydrogen-bond donors (Lipinski definition) is 2. The van der Waals surface area contributed by atoms with Gasteiger partial charge in [0.25, 0.3) is 0 Å². The van der Waals surface area contributed by atoms with Gasteiger partial charge < -0.3 is 10.2 Å². The fraction of sp³-hybridized carbons (Fsp3) is 0.111. The van der Waals surface area contributed by atoms with Gasteiger partial charge in [-0.05, 0) is 24.3 Å². The van der Waals surface area contributed by atoms with E-state index in [1.165, 1.54) is 10.9 Å². The van der Waals surface area contributed by atoms with Crippen LogP contribution in [0.4, 0.5) is 0 Å². The molecular weight excluding hydrogens is 182 g/mol. The van der Waals surface area contributed by atoms with E-state index in [0.717, 1.165) is 5.69 Å². The Bertz CT molecular complexity index is 422. The molecule has 1 heterocycles. The lowest BCUT2D eigenvalue weighted by molar-refractivity contribution is 0.273. The Morgan fingerprint density at radius 3 is 2.57 bits per heavy atom. The van der Waals surface area contributed by atoms with E-state index < -0.39 is 0 Å². The van der Waals surface area contributed by atoms with Gasteiger partial charge in [-0.25, -0.2) is 4.68 Å². The minimum atomic E-state index is -0.117. The van der Waals surface area contributed by atoms with Gasteiger partial charge in [-0.3, -0.25) is 0 Å². The van der Waals surface area contributed by atoms with Crippen molar-refractivity contribution in [1.82, 2.24) is 15.0 Å². The molecule has 2 aromatic rings. The molecule has 0 fully saturated rings. The third-order valence-electron chi connectivity index (χ3n) is 1.88. The predicted octanol–water partition coefficient (Wildman–Crippen LogP) is 0.465. The summed E-state index contributed by atoms with van der Waals surface area (Å²) >= 11 is 0. The third kappa shape index (κ3) is 1.45. The van der Waals surface area contributed by atoms with Crippen LogP contribution in [0.15, 0.2) is 30.5 Å². The van der Waals surface area contributed by atoms with E-state index in [9.17, 15) is 0 Å². The van der Waals surface area contributed by atoms with Gasteiger partial charge in [-0.2, -0.15) is 0 Å². The van der Waals surface area contributed by atoms with Crippen LogP contribution < -0.4 is 0 Å². The highest BCUT2D eigenvalue weighted by atomic mass is 16.3. The number of nitrogens with zero attached hydrogens (tertiary/aromatic N) is 3. The summed E-state index contributed by atoms with van der Waals surface area (Å²) in [6.07, 6.45) is 1.49. The lowest BCUT2D eigenvalue weighted by Crippen LogP contribution is -2.01. The molecule has 0 aliphatic rings. The van der Waals surface area contributed by atoms with Gasteiger partial charge in [0.15, 0.2) is 0 Å². The van der Waals surface area contributed by atoms with Gasteiger partial charge in [0.2, 0.25) is 0 Å². The molecule has 0 saturated carbocycles. The summed E-state index contributed by atoms with van der Waals surface area (Å²) in [5.74, 6) is 0.194. The van der Waals surface area contributed by atoms with E-state index in [1.807, 2.05) is 0 Å². The summed E-state index contributed by atoms with van der Waals surface area (Å²) in [6.45, 7) is -0.117. The second-order valence-electron chi connectivity index (χ2n) is 2.81. The first-order chi connectivity index (χ1) is 6.81. The largest absolute Gasteiger partial charge is 0.508 e. The van der Waals surface area contributed by atoms with E-state index in [1.54, 1.807) is 24.3 Å². The van der Waals surface area contributed by atoms with Gasteiger partial charge in [0.05, 0.1) is 24.2 Å². The zero-order valence-electron chi connectivity index (χ0n) is 7.33. The molecule has 2 N–H and O–H groups in total. The fourth-order valence-corrected chi connectivity index (χ4v) is 1.18. The number of rotatable bonds is 2. The Morgan fingerprint density at radius 1 is 1.21 bits per heavy atom. The summed E-state index contributed by atoms with van der Waals surface area (Å²) < 4.78 is 1.51. The highest BCUT2D eigenvalue weighted by Gasteiger charge is 2.04. The second-order valence-corrected chi connectivity index (χ2v) is 2.81. The van der Waals surface area contributed by atoms with Crippen molar-refractivity contribution in [3.8, 4) is 11.4 Å². The first-order valence-corrected chi connectivity index (χ1v) is 4.11. The molecule has 0 aliphatic carbocycles. The van der Waals surface area contributed by atoms with Crippen LogP contribution >= 0.6 is 0 Å². The van der Waals surface area contributed by atoms with Crippen LogP contribution in [0.2, 0.25) is 0 Å². The number of phenolic OH excluding ortho intramolecular Hbond substituents is 1. The lowest BCUT2D eigenvalue weighted by Gasteiger charge is -2.03. The van der Waals surface area contributed by atoms with Gasteiger partial charge in [-0.15, -0.1) is 5.10 Å². The first-order valence-electron chi connectivity index (χ1n) is 4.11. The number of hydrogen-bond acceptors (Lipinski definition) is 4. The predicted molar refractivity (Wildman–Crippen MR) is 48.9 cm³/mol. The van der Waals surface area contributed by atoms with Crippen LogP contribution in [-0.2, 0) is 6.61 Å². The highest BCUT2D eigenvalue weighted by molar-refractivity contribution is 5.36. The minimum absolute atomic E-state index is 0.117. The molecule has 0 aliphatic heterocycles. The summed E-state index contributed by atoms with van der Waals surface area (Å²) in [7, 11) is 0. The molecule has 0 radical (unpaired) electrons. The quantitative estimate of drug-likeness (QED) is 0.723. The average Bonchev–Trinajstić information content (AvgIpc) is 2.67. The van der Waals surface area contributed by atoms with Crippen LogP contribution in [0.1, 0.15) is 5.69 Å². The Morgan fingerprint density at radius 2 is 1.93 bits per heavy atom. The van der Waals surface area contributed by atoms with Crippen molar-refractivity contribution < 1.29 is 10.2 Å². The molecule has 0 spiro atoms. The number of aromatic nitrogens is 3. The molecule has 2 rings (SSSR count). The summed E-state index contributed by atoms with van der Waals surface area (Å²) in [4.78, 5) is 0. The van der Waals surface area contributed by atoms with Crippen molar-refractivity contribution >= 4 is 0 Å². The third-order valence-corrected chi connectivity index (χ3v) is 1.88. The monoisotopic (exact) mass is 191 g/mol. The van der Waals surface area contributed by atoms with E-state index in [4.69, 9.17) is 10.2 Å². The molecule has 0 amide bonds. The molecule has 1 aromatic carbocycles. The topological polar surface area (TPSA) is 71.2 Å². The number of phenols is 1. The van der Waals surface area contributed by atoms with Crippen LogP contribution in [0.3, 0.4) is 0 Å². The zero-order valence-corrected chi connectivity index (χ0v) is 7.33. The molecule has 72 valence electrons. The molecule has 0 bridgehead atoms. The van der Waals surface area contributed by atoms with E-state index >= 15 is 0 Å². The highest BCUT2D eigenvalue weighted by Crippen LogP contribution is 2.14. The maximum Gasteiger partial charge on any atom is 0.115 e. The lowest BCUT2D eigenvalue weighted by atomic mass is 10.3. The van der Waals surface area contributed by atoms with Crippen LogP contribution in [0.5, 0.6) is 5.75 Å². The van der Waals surface area contributed by atoms with Crippen molar-refractivity contribution in [3.05, 3.63) is 36.2 Å². The van der Waals surface area contributed by atoms with Crippen LogP contribution in [0.25, 0.3) is 5.69 Å². The molecule has 0 unspecified atom stereocenters. The normalized spacial score (nSPS) is 10.4. The Kier molecular flexibility index (Phi) is 2.16. The summed E-state index contributed by atoms with van der Waals surface area (Å²) in [5, 5.41) is 25.6. The van der Waals surface area contributed by atoms with Crippen LogP contribution in [-0.4, -0.2) is 25.2 Å². The van der Waals surface area contributed by atoms with Gasteiger partial charge in [0.1, 0.15) is 5.75 Å². The van der Waals surface area contributed by atoms with E-state index in [2.05, 4.69) is 10.3 Å². The summed E-state index contributed by atoms with van der Waals surface area (Å²) in [6, 6.07) is 6.50. The van der Waals surface area contributed by atoms with Crippen molar-refractivity contribution in [1.29, 1.82) is 0 Å². The molecule has 0 atom stereocenters. The van der Waals surface area contributed by atoms with Crippen molar-refractivity contribution in [2.45, 2.75) is 6.61 Å². The first kappa shape index (κ1) is 8.71. The summed E-state index contributed by atoms with van der Waals surface area (Å²) in [5.41, 5.74) is 1.36. The molecule has 5 heteroatoms. The van der Waals surface area contributed by atoms with E-state index in [0.29, 0.717) is 5.69 Å². The van der Waals surface area contributed by atoms with Crippen LogP contribution in [0, 0.1) is 0 Å². The van der Waals surface area contributed by atoms with E-state index in [-0.39, 0.29) is 12.4 Å². The Balaban J connectivity index is 2.44. The van der Waals surface area contributed by atoms with Gasteiger partial charge in [0, 0.05) is 0 Å². The number of aliphatic hydroxyl groups excluding tert-OH is 1. The fourth-order valence-electron chi connectivity index (χ4n) is 1.18. The maximum atomic E-state index is 9.09. The molecule has 5 nitrogen and oxygen atoms in total. The van der Waals surface area contributed by atoms with Crippen molar-refractivity contribution in [3.63, 3.8) is 0 Å². The molecular formula is C9H9N3O2. The number of aliphatic hydroxyl groups is 1. The Labute approximate surface area is 80.2 Å². The van der Waals surface area contributed by atoms with Crippen molar-refractivity contribution in [2.24, 2.45) is 0 Å². The Hall–Kier alpha value is -1.88. The molecule has 0 saturated heterocycles. The average molecular weight is 191 g/mol. The minimum Gasteiger partial charge on any atom is -0.508 e. The number of aromatic hydroxyl groups is 1. The van der Waals surface area contributed by atoms with Gasteiger partial charge in [-0.1, -0.05) is 5.21 Å². The molecule has 14 heavy (non-hydrogen) atoms. The number of benzene rings is 1. The molecule has 1 aromatic heterocycles. The smallest absolute Gasteiger partial charge is 0.115 e. The second kappa shape index (κ2) is 3.47.